The van der Waals surface area contributed by atoms with Crippen LogP contribution in [-0.2, 0) is 9.53 Å². The number of nitrogens with zero attached hydrogens (tertiary/aromatic N) is 1. The van der Waals surface area contributed by atoms with Gasteiger partial charge in [0.2, 0.25) is 0 Å². The zero-order chi connectivity index (χ0) is 16.7. The highest BCUT2D eigenvalue weighted by atomic mass is 16.5. The van der Waals surface area contributed by atoms with Gasteiger partial charge in [-0.25, -0.2) is 4.79 Å². The summed E-state index contributed by atoms with van der Waals surface area (Å²) < 4.78 is 4.63. The van der Waals surface area contributed by atoms with E-state index in [1.54, 1.807) is 24.3 Å². The number of piperazine rings is 1. The molecule has 1 fully saturated rings. The van der Waals surface area contributed by atoms with Gasteiger partial charge in [0.25, 0.3) is 5.91 Å². The number of carbonyl (C=O) groups is 2. The first-order chi connectivity index (χ1) is 11.1. The smallest absolute Gasteiger partial charge is 0.337 e. The lowest BCUT2D eigenvalue weighted by atomic mass is 10.2. The molecule has 0 atom stereocenters. The molecule has 1 aliphatic rings. The summed E-state index contributed by atoms with van der Waals surface area (Å²) in [6, 6.07) is 8.81. The van der Waals surface area contributed by atoms with Crippen LogP contribution in [0.4, 0.5) is 5.69 Å². The summed E-state index contributed by atoms with van der Waals surface area (Å²) in [7, 11) is 1.33. The van der Waals surface area contributed by atoms with Crippen LogP contribution < -0.4 is 15.1 Å². The van der Waals surface area contributed by atoms with Crippen molar-refractivity contribution in [3.63, 3.8) is 0 Å². The molecule has 122 valence electrons. The molecule has 2 rings (SSSR count). The number of nitrogens with one attached hydrogen (secondary N) is 3. The van der Waals surface area contributed by atoms with Gasteiger partial charge in [0.05, 0.1) is 12.7 Å². The predicted molar refractivity (Wildman–Crippen MR) is 83.2 cm³/mol. The molecule has 0 aliphatic carbocycles. The maximum atomic E-state index is 12.1. The molecule has 1 aromatic rings. The SMILES string of the molecule is COC(=O)c1ccc(NC(=O)C[NH+]2CC[NH+](CC#N)CC2)cc1. The Balaban J connectivity index is 1.79. The number of carbonyl (C=O) groups excluding carboxylic acids is 2. The Morgan fingerprint density at radius 2 is 1.78 bits per heavy atom. The number of anilines is 1. The van der Waals surface area contributed by atoms with Gasteiger partial charge in [-0.1, -0.05) is 0 Å². The first-order valence-corrected chi connectivity index (χ1v) is 7.64. The highest BCUT2D eigenvalue weighted by Gasteiger charge is 2.24. The van der Waals surface area contributed by atoms with E-state index in [1.807, 2.05) is 0 Å². The van der Waals surface area contributed by atoms with Crippen LogP contribution in [-0.4, -0.2) is 58.3 Å². The summed E-state index contributed by atoms with van der Waals surface area (Å²) in [5.74, 6) is -0.445. The average molecular weight is 318 g/mol. The Morgan fingerprint density at radius 1 is 1.17 bits per heavy atom. The van der Waals surface area contributed by atoms with Gasteiger partial charge < -0.3 is 19.9 Å². The van der Waals surface area contributed by atoms with Gasteiger partial charge in [-0.05, 0) is 24.3 Å². The van der Waals surface area contributed by atoms with Crippen molar-refractivity contribution in [1.82, 2.24) is 0 Å². The van der Waals surface area contributed by atoms with Crippen LogP contribution in [0.2, 0.25) is 0 Å². The molecule has 0 radical (unpaired) electrons. The molecule has 0 saturated carbocycles. The minimum atomic E-state index is -0.398. The highest BCUT2D eigenvalue weighted by Crippen LogP contribution is 2.09. The topological polar surface area (TPSA) is 88.1 Å². The maximum Gasteiger partial charge on any atom is 0.337 e. The first kappa shape index (κ1) is 16.9. The summed E-state index contributed by atoms with van der Waals surface area (Å²) in [6.07, 6.45) is 0. The van der Waals surface area contributed by atoms with Crippen molar-refractivity contribution in [3.8, 4) is 6.07 Å². The quantitative estimate of drug-likeness (QED) is 0.422. The number of amides is 1. The number of hydrogen-bond donors (Lipinski definition) is 3. The number of esters is 1. The zero-order valence-corrected chi connectivity index (χ0v) is 13.2. The Bertz CT molecular complexity index is 586. The van der Waals surface area contributed by atoms with Crippen molar-refractivity contribution in [2.24, 2.45) is 0 Å². The molecular weight excluding hydrogens is 296 g/mol. The fraction of sp³-hybridized carbons (Fsp3) is 0.438. The standard InChI is InChI=1S/C16H20N4O3/c1-23-16(22)13-2-4-14(5-3-13)18-15(21)12-20-10-8-19(7-6-17)9-11-20/h2-5H,7-12H2,1H3,(H,18,21)/p+2. The van der Waals surface area contributed by atoms with Crippen molar-refractivity contribution < 1.29 is 24.1 Å². The third-order valence-corrected chi connectivity index (χ3v) is 3.99. The number of methoxy groups -OCH3 is 1. The van der Waals surface area contributed by atoms with Gasteiger partial charge in [0, 0.05) is 5.69 Å². The minimum Gasteiger partial charge on any atom is -0.465 e. The van der Waals surface area contributed by atoms with Crippen molar-refractivity contribution in [2.45, 2.75) is 0 Å². The minimum absolute atomic E-state index is 0.0467. The monoisotopic (exact) mass is 318 g/mol. The number of rotatable bonds is 5. The third-order valence-electron chi connectivity index (χ3n) is 3.99. The van der Waals surface area contributed by atoms with Gasteiger partial charge in [-0.2, -0.15) is 5.26 Å². The predicted octanol–water partition coefficient (Wildman–Crippen LogP) is -2.28. The lowest BCUT2D eigenvalue weighted by Gasteiger charge is -2.27. The van der Waals surface area contributed by atoms with Crippen LogP contribution in [0.3, 0.4) is 0 Å². The lowest BCUT2D eigenvalue weighted by Crippen LogP contribution is -3.28. The molecule has 23 heavy (non-hydrogen) atoms. The summed E-state index contributed by atoms with van der Waals surface area (Å²) in [6.45, 7) is 4.58. The van der Waals surface area contributed by atoms with E-state index >= 15 is 0 Å². The van der Waals surface area contributed by atoms with Gasteiger partial charge >= 0.3 is 5.97 Å². The number of benzene rings is 1. The largest absolute Gasteiger partial charge is 0.465 e. The molecule has 1 aromatic carbocycles. The summed E-state index contributed by atoms with van der Waals surface area (Å²) in [4.78, 5) is 25.9. The molecular formula is C16H22N4O3+2. The molecule has 1 aliphatic heterocycles. The van der Waals surface area contributed by atoms with E-state index in [-0.39, 0.29) is 5.91 Å². The van der Waals surface area contributed by atoms with Crippen LogP contribution in [0, 0.1) is 11.3 Å². The fourth-order valence-corrected chi connectivity index (χ4v) is 2.66. The zero-order valence-electron chi connectivity index (χ0n) is 13.2. The average Bonchev–Trinajstić information content (AvgIpc) is 2.57. The molecule has 3 N–H and O–H groups in total. The van der Waals surface area contributed by atoms with E-state index < -0.39 is 5.97 Å². The van der Waals surface area contributed by atoms with Crippen molar-refractivity contribution >= 4 is 17.6 Å². The van der Waals surface area contributed by atoms with Crippen LogP contribution in [0.5, 0.6) is 0 Å². The van der Waals surface area contributed by atoms with Gasteiger partial charge in [-0.3, -0.25) is 4.79 Å². The van der Waals surface area contributed by atoms with E-state index in [9.17, 15) is 9.59 Å². The molecule has 1 amide bonds. The Hall–Kier alpha value is -2.43. The maximum absolute atomic E-state index is 12.1. The number of quaternary nitrogens is 2. The number of nitriles is 1. The van der Waals surface area contributed by atoms with E-state index in [2.05, 4.69) is 16.1 Å². The van der Waals surface area contributed by atoms with E-state index in [0.717, 1.165) is 26.2 Å². The van der Waals surface area contributed by atoms with Gasteiger partial charge in [0.1, 0.15) is 32.2 Å². The molecule has 0 aromatic heterocycles. The molecule has 0 unspecified atom stereocenters. The van der Waals surface area contributed by atoms with E-state index in [0.29, 0.717) is 24.3 Å². The summed E-state index contributed by atoms with van der Waals surface area (Å²) >= 11 is 0. The Morgan fingerprint density at radius 3 is 2.35 bits per heavy atom. The fourth-order valence-electron chi connectivity index (χ4n) is 2.66. The molecule has 7 heteroatoms. The molecule has 0 bridgehead atoms. The van der Waals surface area contributed by atoms with Crippen molar-refractivity contribution in [1.29, 1.82) is 5.26 Å². The lowest BCUT2D eigenvalue weighted by molar-refractivity contribution is -1.01. The summed E-state index contributed by atoms with van der Waals surface area (Å²) in [5, 5.41) is 11.5. The van der Waals surface area contributed by atoms with Crippen LogP contribution >= 0.6 is 0 Å². The molecule has 1 saturated heterocycles. The Labute approximate surface area is 135 Å². The van der Waals surface area contributed by atoms with Gasteiger partial charge in [-0.15, -0.1) is 0 Å². The number of hydrogen-bond acceptors (Lipinski definition) is 4. The molecule has 1 heterocycles. The second kappa shape index (κ2) is 8.27. The third kappa shape index (κ3) is 5.06. The van der Waals surface area contributed by atoms with Gasteiger partial charge in [0.15, 0.2) is 13.1 Å². The first-order valence-electron chi connectivity index (χ1n) is 7.64. The Kier molecular flexibility index (Phi) is 6.09. The van der Waals surface area contributed by atoms with Crippen LogP contribution in [0.15, 0.2) is 24.3 Å². The molecule has 0 spiro atoms. The van der Waals surface area contributed by atoms with Crippen LogP contribution in [0.1, 0.15) is 10.4 Å². The van der Waals surface area contributed by atoms with E-state index in [1.165, 1.54) is 16.9 Å². The second-order valence-corrected chi connectivity index (χ2v) is 5.63. The van der Waals surface area contributed by atoms with Crippen molar-refractivity contribution in [2.75, 3.05) is 51.7 Å². The van der Waals surface area contributed by atoms with Crippen LogP contribution in [0.25, 0.3) is 0 Å². The normalized spacial score (nSPS) is 20.3. The molecule has 7 nitrogen and oxygen atoms in total. The number of ether oxygens (including phenoxy) is 1. The summed E-state index contributed by atoms with van der Waals surface area (Å²) in [5.41, 5.74) is 1.11. The van der Waals surface area contributed by atoms with Crippen molar-refractivity contribution in [3.05, 3.63) is 29.8 Å². The second-order valence-electron chi connectivity index (χ2n) is 5.63. The van der Waals surface area contributed by atoms with E-state index in [4.69, 9.17) is 5.26 Å². The highest BCUT2D eigenvalue weighted by molar-refractivity contribution is 5.93.